The van der Waals surface area contributed by atoms with Crippen molar-refractivity contribution in [2.45, 2.75) is 27.2 Å². The third kappa shape index (κ3) is 2.64. The lowest BCUT2D eigenvalue weighted by Gasteiger charge is -2.21. The average Bonchev–Trinajstić information content (AvgIpc) is 2.21. The molecule has 17 heavy (non-hydrogen) atoms. The first-order chi connectivity index (χ1) is 7.66. The van der Waals surface area contributed by atoms with E-state index in [0.29, 0.717) is 16.1 Å². The summed E-state index contributed by atoms with van der Waals surface area (Å²) in [6.45, 7) is 4.77. The van der Waals surface area contributed by atoms with E-state index in [1.807, 2.05) is 0 Å². The minimum Gasteiger partial charge on any atom is -0.504 e. The van der Waals surface area contributed by atoms with Crippen molar-refractivity contribution in [2.75, 3.05) is 0 Å². The van der Waals surface area contributed by atoms with Gasteiger partial charge in [-0.25, -0.2) is 0 Å². The van der Waals surface area contributed by atoms with Crippen molar-refractivity contribution in [3.05, 3.63) is 22.2 Å². The zero-order chi connectivity index (χ0) is 13.4. The van der Waals surface area contributed by atoms with Gasteiger partial charge in [0.25, 0.3) is 0 Å². The van der Waals surface area contributed by atoms with Crippen LogP contribution >= 0.6 is 11.6 Å². The number of hydrogen-bond donors (Lipinski definition) is 3. The molecule has 0 aromatic heterocycles. The molecule has 94 valence electrons. The van der Waals surface area contributed by atoms with Crippen molar-refractivity contribution in [1.29, 1.82) is 0 Å². The fraction of sp³-hybridized carbons (Fsp3) is 0.417. The Morgan fingerprint density at radius 1 is 1.41 bits per heavy atom. The van der Waals surface area contributed by atoms with Crippen molar-refractivity contribution < 1.29 is 20.1 Å². The second-order valence-corrected chi connectivity index (χ2v) is 5.10. The number of phenolic OH excluding ortho intramolecular Hbond substituents is 2. The SMILES string of the molecule is Cc1c(Cl)cc(O)c(O)c1CC(C)(C)C(=O)O. The van der Waals surface area contributed by atoms with Crippen molar-refractivity contribution in [1.82, 2.24) is 0 Å². The molecule has 1 rings (SSSR count). The molecule has 0 atom stereocenters. The maximum absolute atomic E-state index is 11.0. The molecule has 0 unspecified atom stereocenters. The molecular weight excluding hydrogens is 244 g/mol. The molecule has 0 spiro atoms. The van der Waals surface area contributed by atoms with Crippen LogP contribution in [0.3, 0.4) is 0 Å². The van der Waals surface area contributed by atoms with Gasteiger partial charge in [0, 0.05) is 16.7 Å². The first kappa shape index (κ1) is 13.6. The lowest BCUT2D eigenvalue weighted by Crippen LogP contribution is -2.26. The lowest BCUT2D eigenvalue weighted by atomic mass is 9.84. The number of carboxylic acid groups (broad SMARTS) is 1. The Balaban J connectivity index is 3.28. The van der Waals surface area contributed by atoms with Crippen LogP contribution in [0.4, 0.5) is 0 Å². The molecule has 1 aromatic rings. The van der Waals surface area contributed by atoms with Crippen molar-refractivity contribution in [3.8, 4) is 11.5 Å². The standard InChI is InChI=1S/C12H15ClO4/c1-6-7(5-12(2,3)11(16)17)10(15)9(14)4-8(6)13/h4,14-15H,5H2,1-3H3,(H,16,17). The normalized spacial score (nSPS) is 11.5. The van der Waals surface area contributed by atoms with Crippen LogP contribution < -0.4 is 0 Å². The molecular formula is C12H15ClO4. The monoisotopic (exact) mass is 258 g/mol. The first-order valence-electron chi connectivity index (χ1n) is 5.10. The van der Waals surface area contributed by atoms with Gasteiger partial charge in [0.2, 0.25) is 0 Å². The van der Waals surface area contributed by atoms with Crippen molar-refractivity contribution in [3.63, 3.8) is 0 Å². The van der Waals surface area contributed by atoms with Crippen LogP contribution in [0.25, 0.3) is 0 Å². The highest BCUT2D eigenvalue weighted by Gasteiger charge is 2.30. The van der Waals surface area contributed by atoms with E-state index in [-0.39, 0.29) is 17.9 Å². The lowest BCUT2D eigenvalue weighted by molar-refractivity contribution is -0.146. The van der Waals surface area contributed by atoms with E-state index in [2.05, 4.69) is 0 Å². The molecule has 0 saturated heterocycles. The summed E-state index contributed by atoms with van der Waals surface area (Å²) in [5.41, 5.74) is -0.0991. The Hall–Kier alpha value is -1.42. The molecule has 0 aliphatic carbocycles. The fourth-order valence-electron chi connectivity index (χ4n) is 1.51. The number of carboxylic acids is 1. The van der Waals surface area contributed by atoms with Crippen LogP contribution in [0.2, 0.25) is 5.02 Å². The molecule has 0 aliphatic rings. The molecule has 3 N–H and O–H groups in total. The van der Waals surface area contributed by atoms with Gasteiger partial charge in [-0.3, -0.25) is 4.79 Å². The van der Waals surface area contributed by atoms with Gasteiger partial charge < -0.3 is 15.3 Å². The first-order valence-corrected chi connectivity index (χ1v) is 5.48. The maximum Gasteiger partial charge on any atom is 0.309 e. The molecule has 0 saturated carbocycles. The fourth-order valence-corrected chi connectivity index (χ4v) is 1.72. The minimum atomic E-state index is -1.04. The molecule has 0 radical (unpaired) electrons. The van der Waals surface area contributed by atoms with Crippen LogP contribution in [-0.4, -0.2) is 21.3 Å². The number of benzene rings is 1. The molecule has 0 fully saturated rings. The topological polar surface area (TPSA) is 77.8 Å². The highest BCUT2D eigenvalue weighted by molar-refractivity contribution is 6.31. The van der Waals surface area contributed by atoms with Crippen LogP contribution in [-0.2, 0) is 11.2 Å². The number of aromatic hydroxyl groups is 2. The van der Waals surface area contributed by atoms with E-state index < -0.39 is 11.4 Å². The van der Waals surface area contributed by atoms with Gasteiger partial charge in [0.1, 0.15) is 0 Å². The van der Waals surface area contributed by atoms with E-state index in [4.69, 9.17) is 16.7 Å². The van der Waals surface area contributed by atoms with Gasteiger partial charge in [-0.05, 0) is 32.8 Å². The Labute approximate surface area is 104 Å². The average molecular weight is 259 g/mol. The van der Waals surface area contributed by atoms with E-state index >= 15 is 0 Å². The zero-order valence-corrected chi connectivity index (χ0v) is 10.7. The molecule has 1 aromatic carbocycles. The number of carbonyl (C=O) groups is 1. The summed E-state index contributed by atoms with van der Waals surface area (Å²) >= 11 is 5.88. The van der Waals surface area contributed by atoms with Gasteiger partial charge in [-0.15, -0.1) is 0 Å². The van der Waals surface area contributed by atoms with E-state index in [1.165, 1.54) is 6.07 Å². The Bertz CT molecular complexity index is 440. The molecule has 4 nitrogen and oxygen atoms in total. The van der Waals surface area contributed by atoms with Gasteiger partial charge in [-0.1, -0.05) is 11.6 Å². The summed E-state index contributed by atoms with van der Waals surface area (Å²) < 4.78 is 0. The molecule has 0 heterocycles. The summed E-state index contributed by atoms with van der Waals surface area (Å²) in [4.78, 5) is 11.0. The highest BCUT2D eigenvalue weighted by atomic mass is 35.5. The largest absolute Gasteiger partial charge is 0.504 e. The summed E-state index contributed by atoms with van der Waals surface area (Å²) in [6.07, 6.45) is 0.0914. The second kappa shape index (κ2) is 4.45. The second-order valence-electron chi connectivity index (χ2n) is 4.70. The van der Waals surface area contributed by atoms with E-state index in [0.717, 1.165) is 0 Å². The third-order valence-corrected chi connectivity index (χ3v) is 3.19. The predicted octanol–water partition coefficient (Wildman–Crippen LogP) is 2.71. The minimum absolute atomic E-state index is 0.0914. The van der Waals surface area contributed by atoms with Gasteiger partial charge in [0.15, 0.2) is 11.5 Å². The summed E-state index contributed by atoms with van der Waals surface area (Å²) in [5, 5.41) is 28.6. The van der Waals surface area contributed by atoms with Crippen molar-refractivity contribution in [2.24, 2.45) is 5.41 Å². The maximum atomic E-state index is 11.0. The van der Waals surface area contributed by atoms with E-state index in [1.54, 1.807) is 20.8 Å². The molecule has 0 aliphatic heterocycles. The van der Waals surface area contributed by atoms with Gasteiger partial charge in [-0.2, -0.15) is 0 Å². The number of halogens is 1. The molecule has 5 heteroatoms. The Kier molecular flexibility index (Phi) is 3.57. The van der Waals surface area contributed by atoms with Crippen LogP contribution in [0.5, 0.6) is 11.5 Å². The number of aliphatic carboxylic acids is 1. The van der Waals surface area contributed by atoms with Crippen LogP contribution in [0, 0.1) is 12.3 Å². The quantitative estimate of drug-likeness (QED) is 0.729. The summed E-state index contributed by atoms with van der Waals surface area (Å²) in [6, 6.07) is 1.24. The Morgan fingerprint density at radius 2 is 1.94 bits per heavy atom. The number of hydrogen-bond acceptors (Lipinski definition) is 3. The Morgan fingerprint density at radius 3 is 2.41 bits per heavy atom. The van der Waals surface area contributed by atoms with Crippen molar-refractivity contribution >= 4 is 17.6 Å². The molecule has 0 amide bonds. The van der Waals surface area contributed by atoms with Gasteiger partial charge in [0.05, 0.1) is 5.41 Å². The highest BCUT2D eigenvalue weighted by Crippen LogP contribution is 2.39. The number of rotatable bonds is 3. The van der Waals surface area contributed by atoms with Crippen LogP contribution in [0.1, 0.15) is 25.0 Å². The predicted molar refractivity (Wildman–Crippen MR) is 64.6 cm³/mol. The molecule has 0 bridgehead atoms. The zero-order valence-electron chi connectivity index (χ0n) is 9.91. The third-order valence-electron chi connectivity index (χ3n) is 2.80. The summed E-state index contributed by atoms with van der Waals surface area (Å²) in [5.74, 6) is -1.62. The number of phenols is 2. The van der Waals surface area contributed by atoms with Gasteiger partial charge >= 0.3 is 5.97 Å². The van der Waals surface area contributed by atoms with E-state index in [9.17, 15) is 15.0 Å². The summed E-state index contributed by atoms with van der Waals surface area (Å²) in [7, 11) is 0. The van der Waals surface area contributed by atoms with Crippen LogP contribution in [0.15, 0.2) is 6.07 Å². The smallest absolute Gasteiger partial charge is 0.309 e.